The number of aromatic nitrogens is 2. The van der Waals surface area contributed by atoms with Gasteiger partial charge in [-0.15, -0.1) is 0 Å². The topological polar surface area (TPSA) is 70.4 Å². The molecule has 0 saturated heterocycles. The lowest BCUT2D eigenvalue weighted by Gasteiger charge is -2.18. The molecule has 0 fully saturated rings. The van der Waals surface area contributed by atoms with Crippen LogP contribution in [0.15, 0.2) is 102 Å². The lowest BCUT2D eigenvalue weighted by Crippen LogP contribution is -2.25. The molecule has 1 heterocycles. The van der Waals surface area contributed by atoms with Gasteiger partial charge in [0, 0.05) is 12.6 Å². The molecule has 0 aliphatic rings. The van der Waals surface area contributed by atoms with Crippen LogP contribution in [0.1, 0.15) is 48.1 Å². The molecule has 190 valence electrons. The maximum atomic E-state index is 12.6. The van der Waals surface area contributed by atoms with Crippen molar-refractivity contribution < 1.29 is 14.3 Å². The third kappa shape index (κ3) is 6.94. The number of hydrogen-bond acceptors (Lipinski definition) is 5. The van der Waals surface area contributed by atoms with E-state index in [1.807, 2.05) is 66.7 Å². The van der Waals surface area contributed by atoms with Crippen LogP contribution in [0, 0.1) is 0 Å². The Morgan fingerprint density at radius 1 is 0.865 bits per heavy atom. The lowest BCUT2D eigenvalue weighted by molar-refractivity contribution is -0.147. The number of carbonyl (C=O) groups is 1. The Hall–Kier alpha value is -4.19. The van der Waals surface area contributed by atoms with E-state index in [9.17, 15) is 9.59 Å². The van der Waals surface area contributed by atoms with Gasteiger partial charge in [0.1, 0.15) is 5.75 Å². The predicted molar refractivity (Wildman–Crippen MR) is 144 cm³/mol. The molecule has 0 saturated carbocycles. The zero-order valence-electron chi connectivity index (χ0n) is 21.2. The van der Waals surface area contributed by atoms with Gasteiger partial charge in [-0.05, 0) is 61.1 Å². The van der Waals surface area contributed by atoms with Gasteiger partial charge >= 0.3 is 5.97 Å². The number of esters is 1. The van der Waals surface area contributed by atoms with E-state index in [0.29, 0.717) is 12.3 Å². The number of hydrogen-bond donors (Lipinski definition) is 0. The maximum Gasteiger partial charge on any atom is 0.346 e. The fraction of sp³-hybridized carbons (Fsp3) is 0.258. The smallest absolute Gasteiger partial charge is 0.346 e. The van der Waals surface area contributed by atoms with Gasteiger partial charge in [-0.25, -0.2) is 9.48 Å². The van der Waals surface area contributed by atoms with E-state index in [4.69, 9.17) is 14.6 Å². The van der Waals surface area contributed by atoms with Gasteiger partial charge in [-0.3, -0.25) is 4.79 Å². The van der Waals surface area contributed by atoms with Crippen molar-refractivity contribution in [2.75, 3.05) is 7.11 Å². The second-order valence-corrected chi connectivity index (χ2v) is 8.96. The minimum Gasteiger partial charge on any atom is -0.479 e. The van der Waals surface area contributed by atoms with Crippen molar-refractivity contribution in [1.82, 2.24) is 9.78 Å². The van der Waals surface area contributed by atoms with E-state index < -0.39 is 12.1 Å². The molecule has 0 aliphatic heterocycles. The van der Waals surface area contributed by atoms with Crippen LogP contribution in [0.25, 0.3) is 0 Å². The average molecular weight is 497 g/mol. The number of rotatable bonds is 11. The molecule has 0 aliphatic carbocycles. The van der Waals surface area contributed by atoms with Crippen LogP contribution in [-0.4, -0.2) is 29.0 Å². The fourth-order valence-corrected chi connectivity index (χ4v) is 4.39. The SMILES string of the molecule is COC(=O)[C@H](C)Oc1cccc(CCCCn2nc(C(c3ccccc3)c3ccccc3)ccc2=O)c1. The quantitative estimate of drug-likeness (QED) is 0.206. The number of unbranched alkanes of at least 4 members (excludes halogenated alkanes) is 1. The Balaban J connectivity index is 1.42. The van der Waals surface area contributed by atoms with E-state index in [0.717, 1.165) is 41.6 Å². The summed E-state index contributed by atoms with van der Waals surface area (Å²) in [6, 6.07) is 31.7. The Bertz CT molecular complexity index is 1310. The minimum atomic E-state index is -0.666. The summed E-state index contributed by atoms with van der Waals surface area (Å²) in [5, 5.41) is 4.78. The normalized spacial score (nSPS) is 11.8. The molecule has 3 aromatic carbocycles. The molecule has 6 nitrogen and oxygen atoms in total. The molecule has 6 heteroatoms. The molecule has 0 amide bonds. The van der Waals surface area contributed by atoms with Gasteiger partial charge in [-0.2, -0.15) is 5.10 Å². The number of carbonyl (C=O) groups excluding carboxylic acids is 1. The molecule has 1 aromatic heterocycles. The summed E-state index contributed by atoms with van der Waals surface area (Å²) in [6.07, 6.45) is 1.85. The monoisotopic (exact) mass is 496 g/mol. The lowest BCUT2D eigenvalue weighted by atomic mass is 9.88. The van der Waals surface area contributed by atoms with Crippen molar-refractivity contribution in [3.63, 3.8) is 0 Å². The first kappa shape index (κ1) is 25.9. The second kappa shape index (κ2) is 12.7. The maximum absolute atomic E-state index is 12.6. The molecule has 0 unspecified atom stereocenters. The van der Waals surface area contributed by atoms with Crippen molar-refractivity contribution in [1.29, 1.82) is 0 Å². The minimum absolute atomic E-state index is 0.0515. The van der Waals surface area contributed by atoms with Crippen LogP contribution in [0.2, 0.25) is 0 Å². The van der Waals surface area contributed by atoms with E-state index in [1.165, 1.54) is 7.11 Å². The molecule has 4 rings (SSSR count). The number of methoxy groups -OCH3 is 1. The van der Waals surface area contributed by atoms with Crippen LogP contribution in [-0.2, 0) is 22.5 Å². The van der Waals surface area contributed by atoms with Crippen molar-refractivity contribution in [2.24, 2.45) is 0 Å². The number of aryl methyl sites for hydroxylation is 2. The van der Waals surface area contributed by atoms with Gasteiger partial charge < -0.3 is 9.47 Å². The van der Waals surface area contributed by atoms with E-state index in [-0.39, 0.29) is 11.5 Å². The first-order valence-electron chi connectivity index (χ1n) is 12.6. The third-order valence-electron chi connectivity index (χ3n) is 6.28. The van der Waals surface area contributed by atoms with Gasteiger partial charge in [0.15, 0.2) is 6.10 Å². The molecular formula is C31H32N2O4. The third-order valence-corrected chi connectivity index (χ3v) is 6.28. The second-order valence-electron chi connectivity index (χ2n) is 8.96. The number of benzene rings is 3. The van der Waals surface area contributed by atoms with Gasteiger partial charge in [-0.1, -0.05) is 72.8 Å². The van der Waals surface area contributed by atoms with E-state index in [2.05, 4.69) is 24.3 Å². The average Bonchev–Trinajstić information content (AvgIpc) is 2.93. The van der Waals surface area contributed by atoms with Crippen LogP contribution in [0.5, 0.6) is 5.75 Å². The molecule has 0 spiro atoms. The molecular weight excluding hydrogens is 464 g/mol. The largest absolute Gasteiger partial charge is 0.479 e. The van der Waals surface area contributed by atoms with Gasteiger partial charge in [0.2, 0.25) is 0 Å². The molecule has 4 aromatic rings. The van der Waals surface area contributed by atoms with Crippen molar-refractivity contribution in [3.8, 4) is 5.75 Å². The first-order chi connectivity index (χ1) is 18.0. The summed E-state index contributed by atoms with van der Waals surface area (Å²) >= 11 is 0. The zero-order chi connectivity index (χ0) is 26.0. The molecule has 0 radical (unpaired) electrons. The predicted octanol–water partition coefficient (Wildman–Crippen LogP) is 5.39. The molecule has 1 atom stereocenters. The molecule has 37 heavy (non-hydrogen) atoms. The summed E-state index contributed by atoms with van der Waals surface area (Å²) in [5.74, 6) is 0.172. The summed E-state index contributed by atoms with van der Waals surface area (Å²) < 4.78 is 12.0. The van der Waals surface area contributed by atoms with Crippen molar-refractivity contribution in [3.05, 3.63) is 130 Å². The van der Waals surface area contributed by atoms with Crippen molar-refractivity contribution in [2.45, 2.75) is 44.8 Å². The molecule has 0 bridgehead atoms. The Labute approximate surface area is 217 Å². The van der Waals surface area contributed by atoms with Gasteiger partial charge in [0.25, 0.3) is 5.56 Å². The first-order valence-corrected chi connectivity index (χ1v) is 12.6. The standard InChI is InChI=1S/C31H32N2O4/c1-23(31(35)36-2)37-27-18-11-13-24(22-27)12-9-10-21-33-29(34)20-19-28(32-33)30(25-14-5-3-6-15-25)26-16-7-4-8-17-26/h3-8,11,13-20,22-23,30H,9-10,12,21H2,1-2H3/t23-/m0/s1. The Kier molecular flexibility index (Phi) is 8.87. The number of ether oxygens (including phenoxy) is 2. The molecule has 0 N–H and O–H groups in total. The van der Waals surface area contributed by atoms with Gasteiger partial charge in [0.05, 0.1) is 18.7 Å². The summed E-state index contributed by atoms with van der Waals surface area (Å²) in [5.41, 5.74) is 4.12. The van der Waals surface area contributed by atoms with Crippen LogP contribution in [0.4, 0.5) is 0 Å². The highest BCUT2D eigenvalue weighted by Crippen LogP contribution is 2.30. The van der Waals surface area contributed by atoms with Crippen LogP contribution < -0.4 is 10.3 Å². The van der Waals surface area contributed by atoms with E-state index >= 15 is 0 Å². The zero-order valence-corrected chi connectivity index (χ0v) is 21.2. The van der Waals surface area contributed by atoms with E-state index in [1.54, 1.807) is 17.7 Å². The summed E-state index contributed by atoms with van der Waals surface area (Å²) in [4.78, 5) is 24.2. The summed E-state index contributed by atoms with van der Waals surface area (Å²) in [6.45, 7) is 2.20. The highest BCUT2D eigenvalue weighted by atomic mass is 16.6. The fourth-order valence-electron chi connectivity index (χ4n) is 4.39. The highest BCUT2D eigenvalue weighted by molar-refractivity contribution is 5.74. The van der Waals surface area contributed by atoms with Crippen LogP contribution >= 0.6 is 0 Å². The highest BCUT2D eigenvalue weighted by Gasteiger charge is 2.19. The number of nitrogens with zero attached hydrogens (tertiary/aromatic N) is 2. The summed E-state index contributed by atoms with van der Waals surface area (Å²) in [7, 11) is 1.35. The Morgan fingerprint density at radius 3 is 2.19 bits per heavy atom. The van der Waals surface area contributed by atoms with Crippen LogP contribution in [0.3, 0.4) is 0 Å². The Morgan fingerprint density at radius 2 is 1.54 bits per heavy atom. The van der Waals surface area contributed by atoms with Crippen molar-refractivity contribution >= 4 is 5.97 Å².